The van der Waals surface area contributed by atoms with Gasteiger partial charge in [-0.15, -0.1) is 0 Å². The van der Waals surface area contributed by atoms with Crippen molar-refractivity contribution in [2.45, 2.75) is 57.3 Å². The predicted molar refractivity (Wildman–Crippen MR) is 156 cm³/mol. The molecule has 2 aliphatic heterocycles. The van der Waals surface area contributed by atoms with Gasteiger partial charge in [0.2, 0.25) is 23.6 Å². The molecule has 3 aromatic rings. The van der Waals surface area contributed by atoms with Crippen LogP contribution >= 0.6 is 0 Å². The molecular weight excluding hydrogens is 553 g/mol. The van der Waals surface area contributed by atoms with Gasteiger partial charge in [-0.05, 0) is 49.9 Å². The molecule has 3 amide bonds. The van der Waals surface area contributed by atoms with E-state index in [4.69, 9.17) is 14.9 Å². The maximum atomic E-state index is 14.2. The highest BCUT2D eigenvalue weighted by atomic mass is 19.1. The molecule has 3 heterocycles. The zero-order valence-electron chi connectivity index (χ0n) is 24.5. The van der Waals surface area contributed by atoms with Crippen molar-refractivity contribution < 1.29 is 27.9 Å². The fourth-order valence-electron chi connectivity index (χ4n) is 6.03. The van der Waals surface area contributed by atoms with Crippen LogP contribution in [0.1, 0.15) is 49.6 Å². The lowest BCUT2D eigenvalue weighted by Gasteiger charge is -2.43. The Morgan fingerprint density at radius 1 is 1.21 bits per heavy atom. The lowest BCUT2D eigenvalue weighted by atomic mass is 9.69. The average molecular weight is 592 g/mol. The molecule has 5 rings (SSSR count). The second-order valence-corrected chi connectivity index (χ2v) is 12.0. The van der Waals surface area contributed by atoms with Crippen LogP contribution in [0.3, 0.4) is 0 Å². The molecule has 1 spiro atoms. The van der Waals surface area contributed by atoms with Crippen molar-refractivity contribution in [3.05, 3.63) is 89.9 Å². The van der Waals surface area contributed by atoms with Gasteiger partial charge in [-0.2, -0.15) is 0 Å². The zero-order valence-corrected chi connectivity index (χ0v) is 24.5. The molecule has 3 atom stereocenters. The van der Waals surface area contributed by atoms with Crippen LogP contribution < -0.4 is 11.1 Å². The normalized spacial score (nSPS) is 21.3. The van der Waals surface area contributed by atoms with Crippen LogP contribution in [0.2, 0.25) is 0 Å². The molecule has 2 saturated heterocycles. The Labute approximate surface area is 250 Å². The Balaban J connectivity index is 1.39. The molecule has 3 unspecified atom stereocenters. The largest absolute Gasteiger partial charge is 0.447 e. The molecule has 43 heavy (non-hydrogen) atoms. The second-order valence-electron chi connectivity index (χ2n) is 12.0. The summed E-state index contributed by atoms with van der Waals surface area (Å²) in [5.74, 6) is -1.19. The molecule has 1 aromatic heterocycles. The van der Waals surface area contributed by atoms with Gasteiger partial charge in [0, 0.05) is 25.6 Å². The number of nitrogens with zero attached hydrogens (tertiary/aromatic N) is 3. The number of aromatic nitrogens is 1. The SMILES string of the molecule is CC(C)(N)C(=O)NC(COCc1ccccc1)C(=O)N1CCCC2(C1)C(=O)N(Cc1ncco1)CC2c1ccc(F)cc1. The monoisotopic (exact) mass is 591 g/mol. The molecule has 2 fully saturated rings. The van der Waals surface area contributed by atoms with Crippen molar-refractivity contribution in [1.29, 1.82) is 0 Å². The van der Waals surface area contributed by atoms with Crippen molar-refractivity contribution in [2.24, 2.45) is 11.1 Å². The quantitative estimate of drug-likeness (QED) is 0.371. The summed E-state index contributed by atoms with van der Waals surface area (Å²) in [6, 6.07) is 14.7. The minimum atomic E-state index is -1.21. The number of rotatable bonds is 10. The second kappa shape index (κ2) is 12.6. The Kier molecular flexibility index (Phi) is 8.93. The number of hydrogen-bond donors (Lipinski definition) is 2. The zero-order chi connectivity index (χ0) is 30.6. The molecule has 2 aliphatic rings. The van der Waals surface area contributed by atoms with E-state index in [9.17, 15) is 18.8 Å². The van der Waals surface area contributed by atoms with Crippen molar-refractivity contribution in [2.75, 3.05) is 26.2 Å². The van der Waals surface area contributed by atoms with E-state index in [-0.39, 0.29) is 49.9 Å². The first-order chi connectivity index (χ1) is 20.6. The van der Waals surface area contributed by atoms with E-state index in [1.54, 1.807) is 35.8 Å². The summed E-state index contributed by atoms with van der Waals surface area (Å²) in [6.07, 6.45) is 4.12. The van der Waals surface area contributed by atoms with Gasteiger partial charge in [-0.3, -0.25) is 14.4 Å². The number of hydrogen-bond acceptors (Lipinski definition) is 7. The van der Waals surface area contributed by atoms with Crippen LogP contribution in [0, 0.1) is 11.2 Å². The van der Waals surface area contributed by atoms with E-state index in [1.165, 1.54) is 24.6 Å². The molecule has 2 aromatic carbocycles. The van der Waals surface area contributed by atoms with Crippen LogP contribution in [0.5, 0.6) is 0 Å². The van der Waals surface area contributed by atoms with Gasteiger partial charge < -0.3 is 30.0 Å². The number of ether oxygens (including phenoxy) is 1. The molecule has 0 bridgehead atoms. The van der Waals surface area contributed by atoms with Gasteiger partial charge >= 0.3 is 0 Å². The van der Waals surface area contributed by atoms with Gasteiger partial charge in [0.15, 0.2) is 0 Å². The molecule has 0 saturated carbocycles. The Bertz CT molecular complexity index is 1410. The maximum absolute atomic E-state index is 14.2. The molecule has 0 aliphatic carbocycles. The summed E-state index contributed by atoms with van der Waals surface area (Å²) in [4.78, 5) is 48.7. The fourth-order valence-corrected chi connectivity index (χ4v) is 6.03. The van der Waals surface area contributed by atoms with Crippen LogP contribution in [0.15, 0.2) is 71.5 Å². The highest BCUT2D eigenvalue weighted by Gasteiger charge is 2.57. The molecule has 11 heteroatoms. The van der Waals surface area contributed by atoms with Crippen LogP contribution in [0.4, 0.5) is 4.39 Å². The summed E-state index contributed by atoms with van der Waals surface area (Å²) < 4.78 is 25.2. The molecule has 3 N–H and O–H groups in total. The Morgan fingerprint density at radius 3 is 2.63 bits per heavy atom. The van der Waals surface area contributed by atoms with E-state index in [0.717, 1.165) is 11.1 Å². The first-order valence-electron chi connectivity index (χ1n) is 14.5. The van der Waals surface area contributed by atoms with Gasteiger partial charge in [0.25, 0.3) is 0 Å². The Morgan fingerprint density at radius 2 is 1.95 bits per heavy atom. The van der Waals surface area contributed by atoms with Crippen LogP contribution in [0.25, 0.3) is 0 Å². The summed E-state index contributed by atoms with van der Waals surface area (Å²) >= 11 is 0. The van der Waals surface area contributed by atoms with E-state index < -0.39 is 22.9 Å². The third kappa shape index (κ3) is 6.78. The Hall–Kier alpha value is -4.09. The smallest absolute Gasteiger partial charge is 0.247 e. The van der Waals surface area contributed by atoms with E-state index >= 15 is 0 Å². The predicted octanol–water partition coefficient (Wildman–Crippen LogP) is 2.99. The van der Waals surface area contributed by atoms with Crippen LogP contribution in [-0.2, 0) is 32.3 Å². The van der Waals surface area contributed by atoms with Crippen molar-refractivity contribution in [3.8, 4) is 0 Å². The standard InChI is InChI=1S/C32H38FN5O5/c1-31(2,34)29(40)36-26(20-42-19-22-7-4-3-5-8-22)28(39)37-15-6-13-32(21-37)25(23-9-11-24(33)12-10-23)17-38(30(32)41)18-27-35-14-16-43-27/h3-5,7-12,14,16,25-26H,6,13,15,17-21,34H2,1-2H3,(H,36,40). The topological polar surface area (TPSA) is 131 Å². The van der Waals surface area contributed by atoms with Crippen molar-refractivity contribution >= 4 is 17.7 Å². The highest BCUT2D eigenvalue weighted by molar-refractivity contribution is 5.93. The van der Waals surface area contributed by atoms with E-state index in [0.29, 0.717) is 31.8 Å². The third-order valence-electron chi connectivity index (χ3n) is 8.29. The number of likely N-dealkylation sites (tertiary alicyclic amines) is 2. The number of carbonyl (C=O) groups is 3. The lowest BCUT2D eigenvalue weighted by molar-refractivity contribution is -0.147. The summed E-state index contributed by atoms with van der Waals surface area (Å²) in [6.45, 7) is 4.46. The number of amides is 3. The third-order valence-corrected chi connectivity index (χ3v) is 8.29. The van der Waals surface area contributed by atoms with Gasteiger partial charge in [0.1, 0.15) is 18.1 Å². The maximum Gasteiger partial charge on any atom is 0.247 e. The minimum absolute atomic E-state index is 0.0648. The number of halogens is 1. The fraction of sp³-hybridized carbons (Fsp3) is 0.438. The minimum Gasteiger partial charge on any atom is -0.447 e. The summed E-state index contributed by atoms with van der Waals surface area (Å²) in [5, 5.41) is 2.78. The first kappa shape index (κ1) is 30.4. The van der Waals surface area contributed by atoms with Crippen molar-refractivity contribution in [1.82, 2.24) is 20.1 Å². The summed E-state index contributed by atoms with van der Waals surface area (Å²) in [7, 11) is 0. The number of nitrogens with one attached hydrogen (secondary N) is 1. The first-order valence-corrected chi connectivity index (χ1v) is 14.5. The lowest BCUT2D eigenvalue weighted by Crippen LogP contribution is -2.60. The number of benzene rings is 2. The van der Waals surface area contributed by atoms with Crippen LogP contribution in [-0.4, -0.2) is 70.3 Å². The van der Waals surface area contributed by atoms with E-state index in [1.807, 2.05) is 30.3 Å². The highest BCUT2D eigenvalue weighted by Crippen LogP contribution is 2.50. The molecule has 228 valence electrons. The van der Waals surface area contributed by atoms with Gasteiger partial charge in [0.05, 0.1) is 36.9 Å². The van der Waals surface area contributed by atoms with Crippen molar-refractivity contribution in [3.63, 3.8) is 0 Å². The number of piperidine rings is 1. The molecular formula is C32H38FN5O5. The molecule has 10 nitrogen and oxygen atoms in total. The average Bonchev–Trinajstić information content (AvgIpc) is 3.60. The summed E-state index contributed by atoms with van der Waals surface area (Å²) in [5.41, 5.74) is 5.63. The number of nitrogens with two attached hydrogens (primary N) is 1. The van der Waals surface area contributed by atoms with Gasteiger partial charge in [-0.25, -0.2) is 9.37 Å². The van der Waals surface area contributed by atoms with E-state index in [2.05, 4.69) is 10.3 Å². The van der Waals surface area contributed by atoms with Gasteiger partial charge in [-0.1, -0.05) is 42.5 Å². The number of carbonyl (C=O) groups excluding carboxylic acids is 3. The molecule has 0 radical (unpaired) electrons. The number of oxazole rings is 1.